The Labute approximate surface area is 231 Å². The number of carboxylic acids is 1. The van der Waals surface area contributed by atoms with Crippen LogP contribution in [0.25, 0.3) is 16.7 Å². The maximum absolute atomic E-state index is 11.5. The summed E-state index contributed by atoms with van der Waals surface area (Å²) in [5.74, 6) is 0.839. The number of carboxylic acid groups (broad SMARTS) is 1. The molecule has 202 valence electrons. The molecule has 2 aliphatic rings. The number of benzene rings is 1. The molecule has 0 unspecified atom stereocenters. The molecule has 3 N–H and O–H groups in total. The quantitative estimate of drug-likeness (QED) is 0.320. The van der Waals surface area contributed by atoms with Crippen LogP contribution in [0.15, 0.2) is 65.1 Å². The molecule has 39 heavy (non-hydrogen) atoms. The molecule has 0 spiro atoms. The Hall–Kier alpha value is -3.60. The van der Waals surface area contributed by atoms with Gasteiger partial charge in [0.2, 0.25) is 10.0 Å². The van der Waals surface area contributed by atoms with Crippen molar-refractivity contribution in [2.75, 3.05) is 0 Å². The van der Waals surface area contributed by atoms with Crippen molar-refractivity contribution in [2.24, 2.45) is 5.14 Å². The van der Waals surface area contributed by atoms with Crippen molar-refractivity contribution in [2.45, 2.75) is 57.4 Å². The smallest absolute Gasteiger partial charge is 0.332 e. The van der Waals surface area contributed by atoms with Crippen molar-refractivity contribution in [3.63, 3.8) is 0 Å². The largest absolute Gasteiger partial charge is 0.478 e. The second-order valence-corrected chi connectivity index (χ2v) is 12.7. The minimum absolute atomic E-state index is 0.156. The number of fused-ring (bicyclic) bond motifs is 1. The summed E-state index contributed by atoms with van der Waals surface area (Å²) in [5, 5.41) is 14.3. The number of carbonyl (C=O) groups is 1. The molecule has 1 aromatic carbocycles. The zero-order valence-corrected chi connectivity index (χ0v) is 23.6. The van der Waals surface area contributed by atoms with Crippen molar-refractivity contribution < 1.29 is 18.3 Å². The standard InChI is InChI=1S/C22H21N3O2S.C7H9NO2S/c1-12-10-13(2)23-21-19(12)24-20(14-6-7-14)25(21)11-15-8-9-18(28-15)16-4-3-5-17(16)22(26)27;1-6-2-4-7(5-3-6)11(8,9)10/h3-4,8-10,14H,5-7,11H2,1-2H3,(H,26,27);2-5H,1H3,(H2,8,9,10). The van der Waals surface area contributed by atoms with Crippen LogP contribution in [0.3, 0.4) is 0 Å². The van der Waals surface area contributed by atoms with Crippen LogP contribution in [-0.2, 0) is 21.4 Å². The summed E-state index contributed by atoms with van der Waals surface area (Å²) in [7, 11) is -3.52. The minimum atomic E-state index is -3.52. The lowest BCUT2D eigenvalue weighted by Crippen LogP contribution is -2.11. The molecule has 0 atom stereocenters. The number of aliphatic carboxylic acids is 1. The molecule has 1 fully saturated rings. The van der Waals surface area contributed by atoms with Crippen LogP contribution in [0.1, 0.15) is 57.6 Å². The highest BCUT2D eigenvalue weighted by Crippen LogP contribution is 2.41. The topological polar surface area (TPSA) is 128 Å². The van der Waals surface area contributed by atoms with E-state index in [1.165, 1.54) is 35.4 Å². The average molecular weight is 563 g/mol. The number of rotatable bonds is 6. The molecule has 4 aromatic rings. The van der Waals surface area contributed by atoms with Gasteiger partial charge in [-0.3, -0.25) is 0 Å². The van der Waals surface area contributed by atoms with E-state index in [4.69, 9.17) is 15.1 Å². The fourth-order valence-electron chi connectivity index (χ4n) is 4.66. The number of primary sulfonamides is 1. The number of pyridine rings is 1. The maximum atomic E-state index is 11.5. The van der Waals surface area contributed by atoms with Gasteiger partial charge in [-0.05, 0) is 75.9 Å². The van der Waals surface area contributed by atoms with Crippen molar-refractivity contribution in [3.05, 3.63) is 92.6 Å². The van der Waals surface area contributed by atoms with E-state index in [0.717, 1.165) is 45.2 Å². The number of aryl methyl sites for hydroxylation is 3. The van der Waals surface area contributed by atoms with Crippen LogP contribution in [0.4, 0.5) is 0 Å². The Morgan fingerprint density at radius 2 is 1.82 bits per heavy atom. The predicted octanol–water partition coefficient (Wildman–Crippen LogP) is 5.48. The monoisotopic (exact) mass is 562 g/mol. The summed E-state index contributed by atoms with van der Waals surface area (Å²) in [4.78, 5) is 23.6. The van der Waals surface area contributed by atoms with Crippen molar-refractivity contribution in [1.29, 1.82) is 0 Å². The average Bonchev–Trinajstić information content (AvgIpc) is 3.25. The van der Waals surface area contributed by atoms with Crippen LogP contribution in [-0.4, -0.2) is 34.0 Å². The molecule has 6 rings (SSSR count). The normalized spacial score (nSPS) is 15.1. The first-order valence-corrected chi connectivity index (χ1v) is 15.0. The van der Waals surface area contributed by atoms with Gasteiger partial charge in [0.25, 0.3) is 0 Å². The molecule has 0 radical (unpaired) electrons. The van der Waals surface area contributed by atoms with Crippen molar-refractivity contribution >= 4 is 44.1 Å². The third kappa shape index (κ3) is 5.88. The van der Waals surface area contributed by atoms with Crippen LogP contribution < -0.4 is 5.14 Å². The number of aromatic nitrogens is 3. The summed E-state index contributed by atoms with van der Waals surface area (Å²) in [6.07, 6.45) is 6.73. The second-order valence-electron chi connectivity index (χ2n) is 10.0. The molecule has 3 aromatic heterocycles. The first kappa shape index (κ1) is 27.0. The number of allylic oxidation sites excluding steroid dienone is 3. The van der Waals surface area contributed by atoms with Gasteiger partial charge in [-0.25, -0.2) is 28.3 Å². The van der Waals surface area contributed by atoms with E-state index in [2.05, 4.69) is 23.6 Å². The Balaban J connectivity index is 0.000000237. The summed E-state index contributed by atoms with van der Waals surface area (Å²) < 4.78 is 23.7. The molecule has 3 heterocycles. The summed E-state index contributed by atoms with van der Waals surface area (Å²) in [6.45, 7) is 6.73. The maximum Gasteiger partial charge on any atom is 0.332 e. The van der Waals surface area contributed by atoms with Gasteiger partial charge in [0, 0.05) is 32.5 Å². The molecular weight excluding hydrogens is 532 g/mol. The Bertz CT molecular complexity index is 1740. The Morgan fingerprint density at radius 3 is 2.46 bits per heavy atom. The highest BCUT2D eigenvalue weighted by molar-refractivity contribution is 7.89. The molecule has 0 bridgehead atoms. The predicted molar refractivity (Wildman–Crippen MR) is 153 cm³/mol. The van der Waals surface area contributed by atoms with Gasteiger partial charge in [-0.15, -0.1) is 11.3 Å². The zero-order chi connectivity index (χ0) is 27.9. The van der Waals surface area contributed by atoms with E-state index in [-0.39, 0.29) is 4.90 Å². The van der Waals surface area contributed by atoms with Crippen LogP contribution in [0, 0.1) is 20.8 Å². The van der Waals surface area contributed by atoms with Gasteiger partial charge >= 0.3 is 5.97 Å². The van der Waals surface area contributed by atoms with E-state index in [9.17, 15) is 18.3 Å². The van der Waals surface area contributed by atoms with Crippen molar-refractivity contribution in [1.82, 2.24) is 14.5 Å². The SMILES string of the molecule is Cc1cc(C)c2nc(C3CC3)n(Cc3ccc(C4=C(C(=O)O)CC=C4)s3)c2n1.Cc1ccc(S(N)(=O)=O)cc1. The van der Waals surface area contributed by atoms with Gasteiger partial charge in [-0.2, -0.15) is 0 Å². The van der Waals surface area contributed by atoms with Gasteiger partial charge in [-0.1, -0.05) is 29.8 Å². The van der Waals surface area contributed by atoms with Crippen LogP contribution in [0.2, 0.25) is 0 Å². The molecule has 0 saturated heterocycles. The zero-order valence-electron chi connectivity index (χ0n) is 22.0. The Kier molecular flexibility index (Phi) is 7.28. The molecule has 2 aliphatic carbocycles. The lowest BCUT2D eigenvalue weighted by Gasteiger charge is -2.07. The number of hydrogen-bond acceptors (Lipinski definition) is 6. The lowest BCUT2D eigenvalue weighted by molar-refractivity contribution is -0.132. The second kappa shape index (κ2) is 10.5. The molecular formula is C29H30N4O4S2. The van der Waals surface area contributed by atoms with Crippen molar-refractivity contribution in [3.8, 4) is 0 Å². The highest BCUT2D eigenvalue weighted by Gasteiger charge is 2.30. The molecule has 1 saturated carbocycles. The molecule has 8 nitrogen and oxygen atoms in total. The highest BCUT2D eigenvalue weighted by atomic mass is 32.2. The Morgan fingerprint density at radius 1 is 1.10 bits per heavy atom. The van der Waals surface area contributed by atoms with Gasteiger partial charge in [0.05, 0.1) is 11.4 Å². The minimum Gasteiger partial charge on any atom is -0.478 e. The summed E-state index contributed by atoms with van der Waals surface area (Å²) >= 11 is 1.66. The lowest BCUT2D eigenvalue weighted by atomic mass is 10.1. The van der Waals surface area contributed by atoms with Crippen LogP contribution >= 0.6 is 11.3 Å². The van der Waals surface area contributed by atoms with Gasteiger partial charge in [0.15, 0.2) is 5.65 Å². The summed E-state index contributed by atoms with van der Waals surface area (Å²) in [5.41, 5.74) is 6.46. The third-order valence-electron chi connectivity index (χ3n) is 6.77. The van der Waals surface area contributed by atoms with Gasteiger partial charge < -0.3 is 9.67 Å². The number of imidazole rings is 1. The van der Waals surface area contributed by atoms with Crippen LogP contribution in [0.5, 0.6) is 0 Å². The first-order valence-electron chi connectivity index (χ1n) is 12.7. The van der Waals surface area contributed by atoms with E-state index in [0.29, 0.717) is 17.9 Å². The molecule has 10 heteroatoms. The fraction of sp³-hybridized carbons (Fsp3) is 0.276. The summed E-state index contributed by atoms with van der Waals surface area (Å²) in [6, 6.07) is 12.6. The van der Waals surface area contributed by atoms with E-state index in [1.54, 1.807) is 23.5 Å². The number of thiophene rings is 1. The fourth-order valence-corrected chi connectivity index (χ4v) is 6.22. The number of nitrogens with two attached hydrogens (primary N) is 1. The van der Waals surface area contributed by atoms with E-state index < -0.39 is 16.0 Å². The number of sulfonamides is 1. The molecule has 0 amide bonds. The van der Waals surface area contributed by atoms with Gasteiger partial charge in [0.1, 0.15) is 11.3 Å². The molecule has 0 aliphatic heterocycles. The number of nitrogens with zero attached hydrogens (tertiary/aromatic N) is 3. The van der Waals surface area contributed by atoms with E-state index >= 15 is 0 Å². The number of hydrogen-bond donors (Lipinski definition) is 2. The first-order chi connectivity index (χ1) is 18.5. The van der Waals surface area contributed by atoms with E-state index in [1.807, 2.05) is 32.1 Å². The third-order valence-corrected chi connectivity index (χ3v) is 8.81.